The predicted octanol–water partition coefficient (Wildman–Crippen LogP) is 10.6. The molecule has 0 saturated heterocycles. The molecule has 0 rings (SSSR count). The maximum atomic E-state index is 12.5. The largest absolute Gasteiger partial charge is 0.391 e. The van der Waals surface area contributed by atoms with E-state index in [-0.39, 0.29) is 5.91 Å². The number of carbonyl (C=O) groups is 1. The topological polar surface area (TPSA) is 104 Å². The zero-order valence-electron chi connectivity index (χ0n) is 29.2. The molecule has 0 aromatic rings. The molecule has 0 fully saturated rings. The second-order valence-corrected chi connectivity index (χ2v) is 14.3. The standard InChI is InChI=1S/C38H71NO5S/c1-3-5-7-9-11-13-15-17-19-21-23-25-27-29-31-33-37(40)36(35-45(42,43)44)39-38(41)34-32-30-28-26-24-22-20-18-16-14-12-10-8-6-4-2/h6,8,12,14,18,20,36-37,40H,3-5,7,9-11,13,15-17,19,21-35H2,1-2H3,(H,39,41)(H,42,43,44)/b8-6-,14-12-,20-18-. The number of allylic oxidation sites excluding steroid dienone is 6. The summed E-state index contributed by atoms with van der Waals surface area (Å²) in [5, 5.41) is 13.3. The summed E-state index contributed by atoms with van der Waals surface area (Å²) in [4.78, 5) is 12.5. The molecule has 0 aliphatic carbocycles. The van der Waals surface area contributed by atoms with E-state index in [1.54, 1.807) is 0 Å². The fourth-order valence-corrected chi connectivity index (χ4v) is 6.34. The highest BCUT2D eigenvalue weighted by molar-refractivity contribution is 7.85. The summed E-state index contributed by atoms with van der Waals surface area (Å²) < 4.78 is 32.4. The van der Waals surface area contributed by atoms with E-state index in [0.29, 0.717) is 12.8 Å². The molecule has 3 N–H and O–H groups in total. The van der Waals surface area contributed by atoms with Gasteiger partial charge in [0.05, 0.1) is 17.9 Å². The third-order valence-corrected chi connectivity index (χ3v) is 9.14. The number of hydrogen-bond acceptors (Lipinski definition) is 4. The first-order chi connectivity index (χ1) is 21.8. The summed E-state index contributed by atoms with van der Waals surface area (Å²) in [6, 6.07) is -0.978. The maximum Gasteiger partial charge on any atom is 0.266 e. The van der Waals surface area contributed by atoms with Crippen LogP contribution in [-0.2, 0) is 14.9 Å². The van der Waals surface area contributed by atoms with Crippen LogP contribution >= 0.6 is 0 Å². The SMILES string of the molecule is CC/C=C\C/C=C\C/C=C\CCCCCCCC(=O)NC(CS(=O)(=O)O)C(O)CCCCCCCCCCCCCCCCC. The molecule has 0 aliphatic heterocycles. The van der Waals surface area contributed by atoms with Gasteiger partial charge in [-0.05, 0) is 44.9 Å². The van der Waals surface area contributed by atoms with Crippen LogP contribution in [0.3, 0.4) is 0 Å². The Labute approximate surface area is 278 Å². The Morgan fingerprint density at radius 1 is 0.622 bits per heavy atom. The molecule has 0 aromatic heterocycles. The van der Waals surface area contributed by atoms with Gasteiger partial charge < -0.3 is 10.4 Å². The first-order valence-electron chi connectivity index (χ1n) is 18.7. The zero-order valence-corrected chi connectivity index (χ0v) is 30.1. The number of aliphatic hydroxyl groups is 1. The predicted molar refractivity (Wildman–Crippen MR) is 193 cm³/mol. The van der Waals surface area contributed by atoms with E-state index >= 15 is 0 Å². The zero-order chi connectivity index (χ0) is 33.3. The van der Waals surface area contributed by atoms with Crippen LogP contribution in [0.15, 0.2) is 36.5 Å². The molecule has 0 radical (unpaired) electrons. The minimum Gasteiger partial charge on any atom is -0.391 e. The van der Waals surface area contributed by atoms with Gasteiger partial charge in [0, 0.05) is 6.42 Å². The minimum absolute atomic E-state index is 0.264. The third kappa shape index (κ3) is 33.7. The lowest BCUT2D eigenvalue weighted by Crippen LogP contribution is -2.47. The lowest BCUT2D eigenvalue weighted by atomic mass is 10.0. The number of aliphatic hydroxyl groups excluding tert-OH is 1. The highest BCUT2D eigenvalue weighted by Crippen LogP contribution is 2.15. The van der Waals surface area contributed by atoms with Crippen LogP contribution in [0.4, 0.5) is 0 Å². The van der Waals surface area contributed by atoms with Crippen molar-refractivity contribution in [3.8, 4) is 0 Å². The molecule has 2 unspecified atom stereocenters. The Bertz CT molecular complexity index is 852. The van der Waals surface area contributed by atoms with Gasteiger partial charge in [-0.25, -0.2) is 0 Å². The maximum absolute atomic E-state index is 12.5. The van der Waals surface area contributed by atoms with Crippen molar-refractivity contribution >= 4 is 16.0 Å². The molecule has 264 valence electrons. The average molecular weight is 654 g/mol. The first-order valence-corrected chi connectivity index (χ1v) is 20.3. The van der Waals surface area contributed by atoms with Crippen molar-refractivity contribution in [1.29, 1.82) is 0 Å². The fraction of sp³-hybridized carbons (Fsp3) is 0.816. The summed E-state index contributed by atoms with van der Waals surface area (Å²) in [7, 11) is -4.31. The quantitative estimate of drug-likeness (QED) is 0.0371. The first kappa shape index (κ1) is 43.6. The van der Waals surface area contributed by atoms with E-state index in [1.807, 2.05) is 0 Å². The lowest BCUT2D eigenvalue weighted by Gasteiger charge is -2.23. The second-order valence-electron chi connectivity index (χ2n) is 12.8. The van der Waals surface area contributed by atoms with Crippen LogP contribution in [-0.4, -0.2) is 41.9 Å². The summed E-state index contributed by atoms with van der Waals surface area (Å²) >= 11 is 0. The molecule has 0 aliphatic rings. The molecule has 0 saturated carbocycles. The number of carbonyl (C=O) groups excluding carboxylic acids is 1. The van der Waals surface area contributed by atoms with Crippen molar-refractivity contribution in [1.82, 2.24) is 5.32 Å². The Kier molecular flexibility index (Phi) is 31.5. The fourth-order valence-electron chi connectivity index (χ4n) is 5.59. The minimum atomic E-state index is -4.31. The van der Waals surface area contributed by atoms with E-state index in [1.165, 1.54) is 77.0 Å². The van der Waals surface area contributed by atoms with Crippen LogP contribution in [0.5, 0.6) is 0 Å². The van der Waals surface area contributed by atoms with Crippen LogP contribution in [0.2, 0.25) is 0 Å². The smallest absolute Gasteiger partial charge is 0.266 e. The Morgan fingerprint density at radius 3 is 1.58 bits per heavy atom. The van der Waals surface area contributed by atoms with Crippen molar-refractivity contribution in [2.75, 3.05) is 5.75 Å². The number of hydrogen-bond donors (Lipinski definition) is 3. The molecule has 45 heavy (non-hydrogen) atoms. The average Bonchev–Trinajstić information content (AvgIpc) is 3.00. The van der Waals surface area contributed by atoms with Gasteiger partial charge in [0.25, 0.3) is 10.1 Å². The Morgan fingerprint density at radius 2 is 1.07 bits per heavy atom. The van der Waals surface area contributed by atoms with E-state index < -0.39 is 28.0 Å². The van der Waals surface area contributed by atoms with Gasteiger partial charge in [-0.1, -0.05) is 166 Å². The number of rotatable bonds is 33. The van der Waals surface area contributed by atoms with Crippen LogP contribution in [0.1, 0.15) is 181 Å². The molecule has 0 aromatic carbocycles. The van der Waals surface area contributed by atoms with Crippen LogP contribution in [0.25, 0.3) is 0 Å². The molecule has 0 heterocycles. The summed E-state index contributed by atoms with van der Waals surface area (Å²) in [6.45, 7) is 4.40. The summed E-state index contributed by atoms with van der Waals surface area (Å²) in [5.41, 5.74) is 0. The molecular weight excluding hydrogens is 582 g/mol. The van der Waals surface area contributed by atoms with Crippen LogP contribution in [0, 0.1) is 0 Å². The van der Waals surface area contributed by atoms with Crippen molar-refractivity contribution < 1.29 is 22.9 Å². The van der Waals surface area contributed by atoms with Crippen molar-refractivity contribution in [2.45, 2.75) is 193 Å². The molecule has 0 bridgehead atoms. The molecule has 1 amide bonds. The highest BCUT2D eigenvalue weighted by Gasteiger charge is 2.26. The number of unbranched alkanes of at least 4 members (excludes halogenated alkanes) is 19. The molecule has 6 nitrogen and oxygen atoms in total. The number of amides is 1. The van der Waals surface area contributed by atoms with Gasteiger partial charge in [0.15, 0.2) is 0 Å². The van der Waals surface area contributed by atoms with Gasteiger partial charge in [0.1, 0.15) is 0 Å². The molecular formula is C38H71NO5S. The van der Waals surface area contributed by atoms with Gasteiger partial charge in [0.2, 0.25) is 5.91 Å². The van der Waals surface area contributed by atoms with Gasteiger partial charge in [-0.15, -0.1) is 0 Å². The van der Waals surface area contributed by atoms with E-state index in [4.69, 9.17) is 0 Å². The van der Waals surface area contributed by atoms with Crippen molar-refractivity contribution in [3.05, 3.63) is 36.5 Å². The number of nitrogens with one attached hydrogen (secondary N) is 1. The van der Waals surface area contributed by atoms with Gasteiger partial charge in [-0.3, -0.25) is 9.35 Å². The summed E-state index contributed by atoms with van der Waals surface area (Å²) in [5.74, 6) is -0.918. The van der Waals surface area contributed by atoms with Crippen LogP contribution < -0.4 is 5.32 Å². The third-order valence-electron chi connectivity index (χ3n) is 8.36. The van der Waals surface area contributed by atoms with E-state index in [0.717, 1.165) is 77.0 Å². The molecule has 7 heteroatoms. The van der Waals surface area contributed by atoms with Crippen molar-refractivity contribution in [2.24, 2.45) is 0 Å². The van der Waals surface area contributed by atoms with E-state index in [2.05, 4.69) is 55.6 Å². The molecule has 0 spiro atoms. The van der Waals surface area contributed by atoms with Gasteiger partial charge >= 0.3 is 0 Å². The normalized spacial score (nSPS) is 13.8. The van der Waals surface area contributed by atoms with Crippen molar-refractivity contribution in [3.63, 3.8) is 0 Å². The monoisotopic (exact) mass is 654 g/mol. The summed E-state index contributed by atoms with van der Waals surface area (Å²) in [6.07, 6.45) is 40.9. The Balaban J connectivity index is 3.95. The highest BCUT2D eigenvalue weighted by atomic mass is 32.2. The Hall–Kier alpha value is -1.44. The van der Waals surface area contributed by atoms with Gasteiger partial charge in [-0.2, -0.15) is 8.42 Å². The lowest BCUT2D eigenvalue weighted by molar-refractivity contribution is -0.122. The second kappa shape index (κ2) is 32.5. The van der Waals surface area contributed by atoms with E-state index in [9.17, 15) is 22.9 Å². The molecule has 2 atom stereocenters.